The Morgan fingerprint density at radius 1 is 1.53 bits per heavy atom. The highest BCUT2D eigenvalue weighted by molar-refractivity contribution is 7.07. The fourth-order valence-corrected chi connectivity index (χ4v) is 2.24. The molecule has 0 aromatic carbocycles. The maximum absolute atomic E-state index is 11.6. The lowest BCUT2D eigenvalue weighted by molar-refractivity contribution is -0.139. The summed E-state index contributed by atoms with van der Waals surface area (Å²) < 4.78 is 0. The van der Waals surface area contributed by atoms with Crippen molar-refractivity contribution in [3.63, 3.8) is 0 Å². The minimum atomic E-state index is -1.14. The molecule has 2 amide bonds. The molecule has 1 aromatic heterocycles. The first kappa shape index (κ1) is 15.1. The zero-order valence-electron chi connectivity index (χ0n) is 10.6. The highest BCUT2D eigenvalue weighted by atomic mass is 32.1. The van der Waals surface area contributed by atoms with E-state index in [0.717, 1.165) is 5.56 Å². The number of hydrogen-bond acceptors (Lipinski definition) is 3. The van der Waals surface area contributed by atoms with Gasteiger partial charge in [0.25, 0.3) is 0 Å². The predicted octanol–water partition coefficient (Wildman–Crippen LogP) is 1.45. The van der Waals surface area contributed by atoms with E-state index in [1.54, 1.807) is 11.3 Å². The molecule has 3 N–H and O–H groups in total. The third kappa shape index (κ3) is 5.44. The molecule has 1 aromatic rings. The minimum Gasteiger partial charge on any atom is -0.480 e. The lowest BCUT2D eigenvalue weighted by atomic mass is 10.1. The maximum atomic E-state index is 11.6. The molecule has 0 spiro atoms. The van der Waals surface area contributed by atoms with E-state index in [2.05, 4.69) is 16.6 Å². The van der Waals surface area contributed by atoms with Crippen molar-refractivity contribution in [1.82, 2.24) is 10.6 Å². The first-order chi connectivity index (χ1) is 9.02. The van der Waals surface area contributed by atoms with Crippen molar-refractivity contribution in [1.29, 1.82) is 0 Å². The molecule has 0 saturated carbocycles. The Hall–Kier alpha value is -2.00. The SMILES string of the molecule is C#CCC(NC(=O)NC(C)Cc1ccsc1)C(=O)O. The largest absolute Gasteiger partial charge is 0.480 e. The van der Waals surface area contributed by atoms with Crippen molar-refractivity contribution in [2.24, 2.45) is 0 Å². The molecular weight excluding hydrogens is 264 g/mol. The summed E-state index contributed by atoms with van der Waals surface area (Å²) in [5.74, 6) is 1.08. The Morgan fingerprint density at radius 2 is 2.26 bits per heavy atom. The Bertz CT molecular complexity index is 465. The number of carboxylic acid groups (broad SMARTS) is 1. The van der Waals surface area contributed by atoms with Crippen LogP contribution in [-0.4, -0.2) is 29.2 Å². The van der Waals surface area contributed by atoms with Gasteiger partial charge in [0.15, 0.2) is 0 Å². The van der Waals surface area contributed by atoms with E-state index in [0.29, 0.717) is 6.42 Å². The Labute approximate surface area is 116 Å². The maximum Gasteiger partial charge on any atom is 0.327 e. The zero-order chi connectivity index (χ0) is 14.3. The van der Waals surface area contributed by atoms with Gasteiger partial charge in [-0.1, -0.05) is 0 Å². The molecule has 102 valence electrons. The average Bonchev–Trinajstić information content (AvgIpc) is 2.80. The van der Waals surface area contributed by atoms with Gasteiger partial charge in [-0.25, -0.2) is 9.59 Å². The van der Waals surface area contributed by atoms with Crippen molar-refractivity contribution in [3.05, 3.63) is 22.4 Å². The number of hydrogen-bond donors (Lipinski definition) is 3. The number of terminal acetylenes is 1. The predicted molar refractivity (Wildman–Crippen MR) is 74.0 cm³/mol. The normalized spacial score (nSPS) is 13.1. The fourth-order valence-electron chi connectivity index (χ4n) is 1.56. The molecule has 0 fully saturated rings. The van der Waals surface area contributed by atoms with Gasteiger partial charge < -0.3 is 15.7 Å². The van der Waals surface area contributed by atoms with E-state index in [9.17, 15) is 9.59 Å². The topological polar surface area (TPSA) is 78.4 Å². The molecule has 0 aliphatic carbocycles. The minimum absolute atomic E-state index is 0.0400. The number of aliphatic carboxylic acids is 1. The smallest absolute Gasteiger partial charge is 0.327 e. The standard InChI is InChI=1S/C13H16N2O3S/c1-3-4-11(12(16)17)15-13(18)14-9(2)7-10-5-6-19-8-10/h1,5-6,8-9,11H,4,7H2,2H3,(H,16,17)(H2,14,15,18). The number of thiophene rings is 1. The van der Waals surface area contributed by atoms with Crippen LogP contribution in [0.2, 0.25) is 0 Å². The van der Waals surface area contributed by atoms with E-state index in [1.165, 1.54) is 0 Å². The Morgan fingerprint density at radius 3 is 2.79 bits per heavy atom. The summed E-state index contributed by atoms with van der Waals surface area (Å²) in [4.78, 5) is 22.5. The zero-order valence-corrected chi connectivity index (χ0v) is 11.4. The van der Waals surface area contributed by atoms with Crippen molar-refractivity contribution >= 4 is 23.3 Å². The van der Waals surface area contributed by atoms with E-state index < -0.39 is 18.0 Å². The van der Waals surface area contributed by atoms with E-state index >= 15 is 0 Å². The molecule has 5 nitrogen and oxygen atoms in total. The van der Waals surface area contributed by atoms with Crippen molar-refractivity contribution in [2.75, 3.05) is 0 Å². The summed E-state index contributed by atoms with van der Waals surface area (Å²) >= 11 is 1.59. The molecule has 2 atom stereocenters. The van der Waals surface area contributed by atoms with Crippen LogP contribution in [0.15, 0.2) is 16.8 Å². The molecule has 0 radical (unpaired) electrons. The number of amides is 2. The summed E-state index contributed by atoms with van der Waals surface area (Å²) in [5, 5.41) is 17.9. The van der Waals surface area contributed by atoms with Crippen LogP contribution < -0.4 is 10.6 Å². The molecule has 1 rings (SSSR count). The number of carboxylic acids is 1. The second kappa shape index (κ2) is 7.44. The molecule has 2 unspecified atom stereocenters. The highest BCUT2D eigenvalue weighted by Crippen LogP contribution is 2.08. The van der Waals surface area contributed by atoms with Gasteiger partial charge in [-0.3, -0.25) is 0 Å². The monoisotopic (exact) mass is 280 g/mol. The van der Waals surface area contributed by atoms with Crippen LogP contribution in [0, 0.1) is 12.3 Å². The number of carbonyl (C=O) groups excluding carboxylic acids is 1. The van der Waals surface area contributed by atoms with Gasteiger partial charge in [-0.2, -0.15) is 11.3 Å². The average molecular weight is 280 g/mol. The van der Waals surface area contributed by atoms with Crippen LogP contribution in [0.1, 0.15) is 18.9 Å². The van der Waals surface area contributed by atoms with Gasteiger partial charge >= 0.3 is 12.0 Å². The summed E-state index contributed by atoms with van der Waals surface area (Å²) in [7, 11) is 0. The molecule has 1 heterocycles. The second-order valence-corrected chi connectivity index (χ2v) is 4.93. The van der Waals surface area contributed by atoms with E-state index in [1.807, 2.05) is 23.8 Å². The molecule has 0 bridgehead atoms. The number of rotatable bonds is 6. The lowest BCUT2D eigenvalue weighted by Gasteiger charge is -2.16. The molecule has 0 aliphatic rings. The fraction of sp³-hybridized carbons (Fsp3) is 0.385. The Balaban J connectivity index is 2.41. The quantitative estimate of drug-likeness (QED) is 0.690. The van der Waals surface area contributed by atoms with Crippen LogP contribution >= 0.6 is 11.3 Å². The van der Waals surface area contributed by atoms with Gasteiger partial charge in [0.2, 0.25) is 0 Å². The first-order valence-corrected chi connectivity index (χ1v) is 6.71. The number of urea groups is 1. The third-order valence-electron chi connectivity index (χ3n) is 2.42. The van der Waals surface area contributed by atoms with Gasteiger partial charge in [0.05, 0.1) is 0 Å². The number of nitrogens with one attached hydrogen (secondary N) is 2. The van der Waals surface area contributed by atoms with Crippen LogP contribution in [-0.2, 0) is 11.2 Å². The van der Waals surface area contributed by atoms with E-state index in [4.69, 9.17) is 11.5 Å². The van der Waals surface area contributed by atoms with Crippen LogP contribution in [0.3, 0.4) is 0 Å². The second-order valence-electron chi connectivity index (χ2n) is 4.15. The van der Waals surface area contributed by atoms with E-state index in [-0.39, 0.29) is 12.5 Å². The van der Waals surface area contributed by atoms with Crippen LogP contribution in [0.5, 0.6) is 0 Å². The molecule has 6 heteroatoms. The molecule has 0 aliphatic heterocycles. The summed E-state index contributed by atoms with van der Waals surface area (Å²) in [5.41, 5.74) is 1.14. The highest BCUT2D eigenvalue weighted by Gasteiger charge is 2.19. The summed E-state index contributed by atoms with van der Waals surface area (Å²) in [6.07, 6.45) is 5.71. The van der Waals surface area contributed by atoms with Crippen LogP contribution in [0.4, 0.5) is 4.79 Å². The van der Waals surface area contributed by atoms with Crippen molar-refractivity contribution in [3.8, 4) is 12.3 Å². The van der Waals surface area contributed by atoms with Crippen LogP contribution in [0.25, 0.3) is 0 Å². The first-order valence-electron chi connectivity index (χ1n) is 5.77. The summed E-state index contributed by atoms with van der Waals surface area (Å²) in [6.45, 7) is 1.86. The third-order valence-corrected chi connectivity index (χ3v) is 3.16. The Kier molecular flexibility index (Phi) is 5.90. The van der Waals surface area contributed by atoms with Crippen molar-refractivity contribution in [2.45, 2.75) is 31.8 Å². The van der Waals surface area contributed by atoms with Gasteiger partial charge in [-0.05, 0) is 35.7 Å². The van der Waals surface area contributed by atoms with Crippen molar-refractivity contribution < 1.29 is 14.7 Å². The molecule has 0 saturated heterocycles. The van der Waals surface area contributed by atoms with Gasteiger partial charge in [-0.15, -0.1) is 12.3 Å². The van der Waals surface area contributed by atoms with Gasteiger partial charge in [0, 0.05) is 12.5 Å². The lowest BCUT2D eigenvalue weighted by Crippen LogP contribution is -2.48. The molecular formula is C13H16N2O3S. The number of carbonyl (C=O) groups is 2. The molecule has 19 heavy (non-hydrogen) atoms. The summed E-state index contributed by atoms with van der Waals surface area (Å²) in [6, 6.07) is 0.317. The van der Waals surface area contributed by atoms with Gasteiger partial charge in [0.1, 0.15) is 6.04 Å².